The van der Waals surface area contributed by atoms with Gasteiger partial charge in [-0.15, -0.1) is 0 Å². The number of rotatable bonds is 5. The maximum atomic E-state index is 11.7. The van der Waals surface area contributed by atoms with E-state index in [0.717, 1.165) is 25.7 Å². The molecule has 0 saturated heterocycles. The lowest BCUT2D eigenvalue weighted by molar-refractivity contribution is -0.142. The van der Waals surface area contributed by atoms with E-state index in [0.29, 0.717) is 0 Å². The second-order valence-corrected chi connectivity index (χ2v) is 6.34. The number of carbonyl (C=O) groups excluding carboxylic acids is 1. The van der Waals surface area contributed by atoms with Crippen molar-refractivity contribution in [3.63, 3.8) is 0 Å². The molecule has 0 spiro atoms. The highest BCUT2D eigenvalue weighted by molar-refractivity contribution is 5.80. The first-order valence-electron chi connectivity index (χ1n) is 6.95. The van der Waals surface area contributed by atoms with E-state index < -0.39 is 29.3 Å². The molecular weight excluding hydrogens is 262 g/mol. The average molecular weight is 287 g/mol. The highest BCUT2D eigenvalue weighted by atomic mass is 16.6. The molecule has 1 unspecified atom stereocenters. The number of carboxylic acid groups (broad SMARTS) is 1. The maximum Gasteiger partial charge on any atom is 0.408 e. The number of methoxy groups -OCH3 is 1. The second kappa shape index (κ2) is 6.43. The number of nitrogens with one attached hydrogen (secondary N) is 1. The van der Waals surface area contributed by atoms with Crippen LogP contribution in [0.15, 0.2) is 0 Å². The molecule has 0 aromatic carbocycles. The fraction of sp³-hybridized carbons (Fsp3) is 0.857. The normalized spacial score (nSPS) is 19.4. The molecule has 116 valence electrons. The Balaban J connectivity index is 2.65. The fourth-order valence-corrected chi connectivity index (χ4v) is 2.53. The molecule has 6 heteroatoms. The summed E-state index contributed by atoms with van der Waals surface area (Å²) in [5.74, 6) is -1.07. The van der Waals surface area contributed by atoms with Gasteiger partial charge in [0.15, 0.2) is 0 Å². The van der Waals surface area contributed by atoms with Gasteiger partial charge in [0.1, 0.15) is 11.6 Å². The lowest BCUT2D eigenvalue weighted by atomic mass is 9.93. The maximum absolute atomic E-state index is 11.7. The third kappa shape index (κ3) is 5.00. The Bertz CT molecular complexity index is 355. The minimum atomic E-state index is -1.07. The van der Waals surface area contributed by atoms with Crippen LogP contribution in [0, 0.1) is 0 Å². The number of carbonyl (C=O) groups is 2. The third-order valence-corrected chi connectivity index (χ3v) is 3.51. The van der Waals surface area contributed by atoms with E-state index in [1.54, 1.807) is 27.9 Å². The molecule has 0 bridgehead atoms. The van der Waals surface area contributed by atoms with Gasteiger partial charge < -0.3 is 19.9 Å². The van der Waals surface area contributed by atoms with Gasteiger partial charge >= 0.3 is 12.1 Å². The standard InChI is InChI=1S/C14H25NO5/c1-13(2,3)20-12(18)15-10(11(16)17)9-14(19-4)7-5-6-8-14/h10H,5-9H2,1-4H3,(H,15,18)(H,16,17). The number of hydrogen-bond acceptors (Lipinski definition) is 4. The van der Waals surface area contributed by atoms with Gasteiger partial charge in [-0.1, -0.05) is 12.8 Å². The Kier molecular flexibility index (Phi) is 5.39. The van der Waals surface area contributed by atoms with Gasteiger partial charge in [-0.3, -0.25) is 0 Å². The van der Waals surface area contributed by atoms with Crippen LogP contribution in [-0.2, 0) is 14.3 Å². The molecule has 1 rings (SSSR count). The zero-order chi connectivity index (χ0) is 15.4. The van der Waals surface area contributed by atoms with Gasteiger partial charge in [0.25, 0.3) is 0 Å². The smallest absolute Gasteiger partial charge is 0.408 e. The molecule has 0 heterocycles. The summed E-state index contributed by atoms with van der Waals surface area (Å²) in [6, 6.07) is -0.997. The predicted octanol–water partition coefficient (Wildman–Crippen LogP) is 2.31. The summed E-state index contributed by atoms with van der Waals surface area (Å²) in [4.78, 5) is 23.0. The van der Waals surface area contributed by atoms with E-state index >= 15 is 0 Å². The van der Waals surface area contributed by atoms with E-state index in [9.17, 15) is 14.7 Å². The van der Waals surface area contributed by atoms with Crippen molar-refractivity contribution in [3.05, 3.63) is 0 Å². The summed E-state index contributed by atoms with van der Waals surface area (Å²) in [5.41, 5.74) is -1.10. The Hall–Kier alpha value is -1.30. The van der Waals surface area contributed by atoms with Crippen LogP contribution in [0.1, 0.15) is 52.9 Å². The number of aliphatic carboxylic acids is 1. The van der Waals surface area contributed by atoms with Crippen LogP contribution in [-0.4, -0.2) is 41.5 Å². The third-order valence-electron chi connectivity index (χ3n) is 3.51. The molecule has 1 saturated carbocycles. The zero-order valence-corrected chi connectivity index (χ0v) is 12.7. The van der Waals surface area contributed by atoms with Gasteiger partial charge in [-0.05, 0) is 33.6 Å². The monoisotopic (exact) mass is 287 g/mol. The van der Waals surface area contributed by atoms with Crippen molar-refractivity contribution < 1.29 is 24.2 Å². The van der Waals surface area contributed by atoms with Crippen molar-refractivity contribution in [1.29, 1.82) is 0 Å². The lowest BCUT2D eigenvalue weighted by Crippen LogP contribution is -2.48. The van der Waals surface area contributed by atoms with Gasteiger partial charge in [-0.25, -0.2) is 9.59 Å². The lowest BCUT2D eigenvalue weighted by Gasteiger charge is -2.31. The number of carboxylic acids is 1. The van der Waals surface area contributed by atoms with Crippen molar-refractivity contribution in [2.24, 2.45) is 0 Å². The van der Waals surface area contributed by atoms with E-state index in [-0.39, 0.29) is 6.42 Å². The van der Waals surface area contributed by atoms with Crippen molar-refractivity contribution in [3.8, 4) is 0 Å². The van der Waals surface area contributed by atoms with Crippen molar-refractivity contribution in [2.45, 2.75) is 70.1 Å². The molecule has 1 amide bonds. The Morgan fingerprint density at radius 2 is 1.85 bits per heavy atom. The minimum absolute atomic E-state index is 0.262. The van der Waals surface area contributed by atoms with Crippen molar-refractivity contribution >= 4 is 12.1 Å². The highest BCUT2D eigenvalue weighted by Crippen LogP contribution is 2.36. The summed E-state index contributed by atoms with van der Waals surface area (Å²) in [6.07, 6.45) is 3.23. The molecule has 1 fully saturated rings. The van der Waals surface area contributed by atoms with Crippen LogP contribution in [0.2, 0.25) is 0 Å². The summed E-state index contributed by atoms with van der Waals surface area (Å²) >= 11 is 0. The van der Waals surface area contributed by atoms with Gasteiger partial charge in [0, 0.05) is 13.5 Å². The van der Waals surface area contributed by atoms with Crippen LogP contribution in [0.4, 0.5) is 4.79 Å². The molecule has 0 radical (unpaired) electrons. The summed E-state index contributed by atoms with van der Waals surface area (Å²) in [5, 5.41) is 11.7. The van der Waals surface area contributed by atoms with Gasteiger partial charge in [-0.2, -0.15) is 0 Å². The zero-order valence-electron chi connectivity index (χ0n) is 12.7. The van der Waals surface area contributed by atoms with E-state index in [1.807, 2.05) is 0 Å². The van der Waals surface area contributed by atoms with Crippen molar-refractivity contribution in [1.82, 2.24) is 5.32 Å². The molecule has 1 aliphatic rings. The van der Waals surface area contributed by atoms with Crippen LogP contribution in [0.25, 0.3) is 0 Å². The average Bonchev–Trinajstić information content (AvgIpc) is 2.74. The SMILES string of the molecule is COC1(CC(NC(=O)OC(C)(C)C)C(=O)O)CCCC1. The van der Waals surface area contributed by atoms with Gasteiger partial charge in [0.05, 0.1) is 5.60 Å². The van der Waals surface area contributed by atoms with Crippen LogP contribution < -0.4 is 5.32 Å². The number of ether oxygens (including phenoxy) is 2. The summed E-state index contributed by atoms with van der Waals surface area (Å²) in [6.45, 7) is 5.20. The van der Waals surface area contributed by atoms with Crippen LogP contribution >= 0.6 is 0 Å². The van der Waals surface area contributed by atoms with Crippen LogP contribution in [0.3, 0.4) is 0 Å². The summed E-state index contributed by atoms with van der Waals surface area (Å²) in [7, 11) is 1.59. The molecule has 1 aliphatic carbocycles. The van der Waals surface area contributed by atoms with E-state index in [2.05, 4.69) is 5.32 Å². The second-order valence-electron chi connectivity index (χ2n) is 6.34. The van der Waals surface area contributed by atoms with E-state index in [1.165, 1.54) is 0 Å². The fourth-order valence-electron chi connectivity index (χ4n) is 2.53. The molecule has 6 nitrogen and oxygen atoms in total. The highest BCUT2D eigenvalue weighted by Gasteiger charge is 2.39. The Morgan fingerprint density at radius 3 is 2.25 bits per heavy atom. The summed E-state index contributed by atoms with van der Waals surface area (Å²) < 4.78 is 10.6. The van der Waals surface area contributed by atoms with Crippen molar-refractivity contribution in [2.75, 3.05) is 7.11 Å². The largest absolute Gasteiger partial charge is 0.480 e. The number of hydrogen-bond donors (Lipinski definition) is 2. The first-order chi connectivity index (χ1) is 9.17. The molecule has 20 heavy (non-hydrogen) atoms. The molecular formula is C14H25NO5. The minimum Gasteiger partial charge on any atom is -0.480 e. The Morgan fingerprint density at radius 1 is 1.30 bits per heavy atom. The molecule has 0 aromatic rings. The number of alkyl carbamates (subject to hydrolysis) is 1. The predicted molar refractivity (Wildman–Crippen MR) is 73.6 cm³/mol. The van der Waals surface area contributed by atoms with Gasteiger partial charge in [0.2, 0.25) is 0 Å². The quantitative estimate of drug-likeness (QED) is 0.810. The molecule has 0 aliphatic heterocycles. The number of amides is 1. The topological polar surface area (TPSA) is 84.9 Å². The molecule has 2 N–H and O–H groups in total. The first kappa shape index (κ1) is 16.8. The first-order valence-corrected chi connectivity index (χ1v) is 6.95. The molecule has 0 aromatic heterocycles. The molecule has 1 atom stereocenters. The van der Waals surface area contributed by atoms with E-state index in [4.69, 9.17) is 9.47 Å². The Labute approximate surface area is 119 Å². The van der Waals surface area contributed by atoms with Crippen LogP contribution in [0.5, 0.6) is 0 Å².